The largest absolute Gasteiger partial charge is 0.346 e. The second kappa shape index (κ2) is 8.28. The highest BCUT2D eigenvalue weighted by Gasteiger charge is 2.36. The fourth-order valence-electron chi connectivity index (χ4n) is 4.98. The average molecular weight is 463 g/mol. The van der Waals surface area contributed by atoms with Crippen LogP contribution in [0.4, 0.5) is 8.78 Å². The molecule has 0 spiro atoms. The Bertz CT molecular complexity index is 1350. The van der Waals surface area contributed by atoms with Gasteiger partial charge < -0.3 is 9.88 Å². The smallest absolute Gasteiger partial charge is 0.256 e. The zero-order chi connectivity index (χ0) is 23.2. The Labute approximate surface area is 194 Å². The molecule has 34 heavy (non-hydrogen) atoms. The van der Waals surface area contributed by atoms with Gasteiger partial charge in [0.1, 0.15) is 23.6 Å². The summed E-state index contributed by atoms with van der Waals surface area (Å²) in [5, 5.41) is 5.54. The van der Waals surface area contributed by atoms with E-state index in [1.54, 1.807) is 11.2 Å². The summed E-state index contributed by atoms with van der Waals surface area (Å²) in [4.78, 5) is 28.4. The molecule has 1 amide bonds. The van der Waals surface area contributed by atoms with E-state index in [0.717, 1.165) is 66.4 Å². The Morgan fingerprint density at radius 1 is 1.06 bits per heavy atom. The number of hydrogen-bond acceptors (Lipinski definition) is 5. The Kier molecular flexibility index (Phi) is 5.09. The van der Waals surface area contributed by atoms with Crippen molar-refractivity contribution < 1.29 is 13.6 Å². The van der Waals surface area contributed by atoms with Gasteiger partial charge in [-0.05, 0) is 37.1 Å². The number of carbonyl (C=O) groups excluding carboxylic acids is 1. The molecule has 0 saturated carbocycles. The molecule has 1 N–H and O–H groups in total. The number of aromatic nitrogens is 5. The van der Waals surface area contributed by atoms with Gasteiger partial charge in [0.15, 0.2) is 0 Å². The fourth-order valence-corrected chi connectivity index (χ4v) is 4.98. The van der Waals surface area contributed by atoms with Gasteiger partial charge in [-0.2, -0.15) is 5.10 Å². The summed E-state index contributed by atoms with van der Waals surface area (Å²) in [6.07, 6.45) is 8.90. The van der Waals surface area contributed by atoms with Crippen LogP contribution < -0.4 is 0 Å². The molecule has 5 heterocycles. The molecule has 3 aromatic heterocycles. The highest BCUT2D eigenvalue weighted by atomic mass is 19.1. The van der Waals surface area contributed by atoms with E-state index in [0.29, 0.717) is 25.2 Å². The first-order valence-electron chi connectivity index (χ1n) is 11.4. The molecule has 2 fully saturated rings. The summed E-state index contributed by atoms with van der Waals surface area (Å²) in [5.74, 6) is -1.73. The number of H-pyrrole nitrogens is 1. The molecule has 8 nitrogen and oxygen atoms in total. The number of carbonyl (C=O) groups is 1. The molecule has 6 rings (SSSR count). The van der Waals surface area contributed by atoms with Crippen molar-refractivity contribution in [3.05, 3.63) is 66.4 Å². The number of hydrogen-bond donors (Lipinski definition) is 1. The maximum Gasteiger partial charge on any atom is 0.256 e. The van der Waals surface area contributed by atoms with E-state index in [9.17, 15) is 13.6 Å². The van der Waals surface area contributed by atoms with Gasteiger partial charge in [-0.15, -0.1) is 0 Å². The lowest BCUT2D eigenvalue weighted by atomic mass is 9.97. The molecule has 0 radical (unpaired) electrons. The van der Waals surface area contributed by atoms with E-state index >= 15 is 0 Å². The van der Waals surface area contributed by atoms with Crippen LogP contribution in [0.5, 0.6) is 0 Å². The van der Waals surface area contributed by atoms with Crippen molar-refractivity contribution in [2.75, 3.05) is 26.2 Å². The molecule has 10 heteroatoms. The number of amides is 1. The summed E-state index contributed by atoms with van der Waals surface area (Å²) in [6.45, 7) is 2.85. The second-order valence-corrected chi connectivity index (χ2v) is 8.93. The maximum absolute atomic E-state index is 14.0. The van der Waals surface area contributed by atoms with E-state index in [4.69, 9.17) is 0 Å². The molecule has 4 aromatic rings. The number of nitrogens with zero attached hydrogens (tertiary/aromatic N) is 6. The van der Waals surface area contributed by atoms with Crippen molar-refractivity contribution in [2.45, 2.75) is 24.9 Å². The molecule has 1 aromatic carbocycles. The van der Waals surface area contributed by atoms with Crippen molar-refractivity contribution in [3.8, 4) is 11.3 Å². The van der Waals surface area contributed by atoms with Gasteiger partial charge in [-0.25, -0.2) is 18.7 Å². The Morgan fingerprint density at radius 3 is 2.71 bits per heavy atom. The third-order valence-electron chi connectivity index (χ3n) is 6.92. The van der Waals surface area contributed by atoms with Gasteiger partial charge in [0.2, 0.25) is 0 Å². The van der Waals surface area contributed by atoms with Crippen molar-refractivity contribution in [3.63, 3.8) is 0 Å². The van der Waals surface area contributed by atoms with Crippen LogP contribution in [-0.4, -0.2) is 72.7 Å². The van der Waals surface area contributed by atoms with Gasteiger partial charge in [-0.1, -0.05) is 0 Å². The predicted molar refractivity (Wildman–Crippen MR) is 121 cm³/mol. The molecule has 0 aliphatic carbocycles. The zero-order valence-corrected chi connectivity index (χ0v) is 18.4. The Hall–Kier alpha value is -3.66. The average Bonchev–Trinajstić information content (AvgIpc) is 3.49. The maximum atomic E-state index is 14.0. The van der Waals surface area contributed by atoms with E-state index < -0.39 is 17.5 Å². The first kappa shape index (κ1) is 20.9. The van der Waals surface area contributed by atoms with Gasteiger partial charge in [0.25, 0.3) is 5.91 Å². The number of rotatable bonds is 4. The quantitative estimate of drug-likeness (QED) is 0.502. The van der Waals surface area contributed by atoms with Crippen LogP contribution in [-0.2, 0) is 0 Å². The number of piperidine rings is 1. The van der Waals surface area contributed by atoms with Gasteiger partial charge >= 0.3 is 0 Å². The molecule has 0 atom stereocenters. The lowest BCUT2D eigenvalue weighted by Crippen LogP contribution is -2.56. The monoisotopic (exact) mass is 463 g/mol. The van der Waals surface area contributed by atoms with Crippen LogP contribution >= 0.6 is 0 Å². The Morgan fingerprint density at radius 2 is 1.88 bits per heavy atom. The summed E-state index contributed by atoms with van der Waals surface area (Å²) in [5.41, 5.74) is 2.43. The number of fused-ring (bicyclic) bond motifs is 1. The summed E-state index contributed by atoms with van der Waals surface area (Å²) in [6, 6.07) is 5.63. The molecule has 174 valence electrons. The minimum Gasteiger partial charge on any atom is -0.346 e. The molecule has 2 aliphatic heterocycles. The second-order valence-electron chi connectivity index (χ2n) is 8.93. The standard InChI is InChI=1S/C24H23F2N7O/c25-16-1-2-21(26)20(9-16)24(34)31-7-4-17(5-8-31)32-12-18(13-32)33-11-15(10-30-33)22-19-3-6-27-23(19)29-14-28-22/h1-3,6,9-11,14,17-18H,4-5,7-8,12-13H2,(H,27,28,29). The zero-order valence-electron chi connectivity index (χ0n) is 18.4. The van der Waals surface area contributed by atoms with Crippen molar-refractivity contribution in [2.24, 2.45) is 0 Å². The predicted octanol–water partition coefficient (Wildman–Crippen LogP) is 3.26. The van der Waals surface area contributed by atoms with Crippen LogP contribution in [0.3, 0.4) is 0 Å². The van der Waals surface area contributed by atoms with E-state index in [1.165, 1.54) is 0 Å². The van der Waals surface area contributed by atoms with E-state index in [-0.39, 0.29) is 5.56 Å². The van der Waals surface area contributed by atoms with Gasteiger partial charge in [0, 0.05) is 55.6 Å². The molecular weight excluding hydrogens is 440 g/mol. The summed E-state index contributed by atoms with van der Waals surface area (Å²) in [7, 11) is 0. The number of nitrogens with one attached hydrogen (secondary N) is 1. The number of likely N-dealkylation sites (tertiary alicyclic amines) is 2. The Balaban J connectivity index is 1.05. The summed E-state index contributed by atoms with van der Waals surface area (Å²) >= 11 is 0. The van der Waals surface area contributed by atoms with Crippen molar-refractivity contribution in [1.82, 2.24) is 34.5 Å². The minimum absolute atomic E-state index is 0.197. The van der Waals surface area contributed by atoms with Crippen LogP contribution in [0.15, 0.2) is 49.2 Å². The van der Waals surface area contributed by atoms with Crippen LogP contribution in [0.25, 0.3) is 22.3 Å². The SMILES string of the molecule is O=C(c1cc(F)ccc1F)N1CCC(N2CC(n3cc(-c4ncnc5[nH]ccc45)cn3)C2)CC1. The third-order valence-corrected chi connectivity index (χ3v) is 6.92. The summed E-state index contributed by atoms with van der Waals surface area (Å²) < 4.78 is 29.4. The number of aromatic amines is 1. The topological polar surface area (TPSA) is 82.9 Å². The number of halogens is 2. The van der Waals surface area contributed by atoms with Crippen LogP contribution in [0.1, 0.15) is 29.2 Å². The van der Waals surface area contributed by atoms with Crippen LogP contribution in [0, 0.1) is 11.6 Å². The molecule has 2 aliphatic rings. The lowest BCUT2D eigenvalue weighted by molar-refractivity contribution is 0.0196. The fraction of sp³-hybridized carbons (Fsp3) is 0.333. The van der Waals surface area contributed by atoms with Gasteiger partial charge in [0.05, 0.1) is 23.5 Å². The highest BCUT2D eigenvalue weighted by molar-refractivity contribution is 5.94. The first-order valence-corrected chi connectivity index (χ1v) is 11.4. The van der Waals surface area contributed by atoms with Crippen molar-refractivity contribution >= 4 is 16.9 Å². The minimum atomic E-state index is -0.683. The number of benzene rings is 1. The molecule has 0 unspecified atom stereocenters. The first-order chi connectivity index (χ1) is 16.6. The van der Waals surface area contributed by atoms with Crippen LogP contribution in [0.2, 0.25) is 0 Å². The normalized spacial score (nSPS) is 17.9. The lowest BCUT2D eigenvalue weighted by Gasteiger charge is -2.47. The van der Waals surface area contributed by atoms with E-state index in [2.05, 4.69) is 25.0 Å². The highest BCUT2D eigenvalue weighted by Crippen LogP contribution is 2.30. The third kappa shape index (κ3) is 3.63. The molecule has 2 saturated heterocycles. The molecular formula is C24H23F2N7O. The van der Waals surface area contributed by atoms with Gasteiger partial charge in [-0.3, -0.25) is 14.4 Å². The molecule has 0 bridgehead atoms. The van der Waals surface area contributed by atoms with E-state index in [1.807, 2.05) is 29.3 Å². The van der Waals surface area contributed by atoms with Crippen molar-refractivity contribution in [1.29, 1.82) is 0 Å².